The van der Waals surface area contributed by atoms with E-state index in [0.29, 0.717) is 24.7 Å². The molecule has 1 aliphatic heterocycles. The van der Waals surface area contributed by atoms with Crippen LogP contribution in [-0.2, 0) is 11.0 Å². The molecule has 12 heteroatoms. The highest BCUT2D eigenvalue weighted by atomic mass is 35.5. The van der Waals surface area contributed by atoms with Crippen LogP contribution in [0.2, 0.25) is 5.02 Å². The summed E-state index contributed by atoms with van der Waals surface area (Å²) in [6.45, 7) is 0.715. The molecular weight excluding hydrogens is 411 g/mol. The van der Waals surface area contributed by atoms with Gasteiger partial charge in [-0.15, -0.1) is 0 Å². The minimum atomic E-state index is -4.52. The van der Waals surface area contributed by atoms with Crippen molar-refractivity contribution in [1.82, 2.24) is 24.7 Å². The van der Waals surface area contributed by atoms with Gasteiger partial charge in [0.05, 0.1) is 22.2 Å². The fraction of sp³-hybridized carbons (Fsp3) is 0.235. The van der Waals surface area contributed by atoms with Crippen LogP contribution in [0.1, 0.15) is 5.56 Å². The van der Waals surface area contributed by atoms with Crippen molar-refractivity contribution in [3.05, 3.63) is 53.8 Å². The third kappa shape index (κ3) is 3.99. The maximum absolute atomic E-state index is 12.9. The van der Waals surface area contributed by atoms with E-state index < -0.39 is 23.6 Å². The molecule has 0 saturated carbocycles. The number of amides is 1. The number of hydrogen-bond acceptors (Lipinski definition) is 6. The van der Waals surface area contributed by atoms with Crippen LogP contribution in [0.25, 0.3) is 5.82 Å². The summed E-state index contributed by atoms with van der Waals surface area (Å²) in [4.78, 5) is 26.4. The van der Waals surface area contributed by atoms with Gasteiger partial charge in [0, 0.05) is 19.2 Å². The molecule has 0 atom stereocenters. The van der Waals surface area contributed by atoms with Gasteiger partial charge in [-0.1, -0.05) is 11.6 Å². The van der Waals surface area contributed by atoms with Gasteiger partial charge in [-0.2, -0.15) is 18.3 Å². The van der Waals surface area contributed by atoms with E-state index in [-0.39, 0.29) is 10.7 Å². The zero-order valence-corrected chi connectivity index (χ0v) is 15.4. The molecule has 0 bridgehead atoms. The van der Waals surface area contributed by atoms with Crippen LogP contribution in [-0.4, -0.2) is 43.7 Å². The normalized spacial score (nSPS) is 14.6. The lowest BCUT2D eigenvalue weighted by Gasteiger charge is -2.39. The highest BCUT2D eigenvalue weighted by Gasteiger charge is 2.35. The number of hydrogen-bond donors (Lipinski definition) is 1. The van der Waals surface area contributed by atoms with E-state index in [1.807, 2.05) is 4.90 Å². The van der Waals surface area contributed by atoms with Crippen LogP contribution < -0.4 is 10.2 Å². The smallest absolute Gasteiger partial charge is 0.355 e. The fourth-order valence-corrected chi connectivity index (χ4v) is 2.99. The van der Waals surface area contributed by atoms with Crippen molar-refractivity contribution in [3.63, 3.8) is 0 Å². The largest absolute Gasteiger partial charge is 0.416 e. The average molecular weight is 424 g/mol. The Morgan fingerprint density at radius 3 is 2.59 bits per heavy atom. The lowest BCUT2D eigenvalue weighted by molar-refractivity contribution is -0.137. The van der Waals surface area contributed by atoms with Crippen molar-refractivity contribution in [2.45, 2.75) is 6.18 Å². The van der Waals surface area contributed by atoms with Crippen molar-refractivity contribution in [3.8, 4) is 5.82 Å². The van der Waals surface area contributed by atoms with Crippen LogP contribution in [0.3, 0.4) is 0 Å². The second kappa shape index (κ2) is 7.32. The fourth-order valence-electron chi connectivity index (χ4n) is 2.83. The van der Waals surface area contributed by atoms with Crippen LogP contribution >= 0.6 is 11.6 Å². The first-order valence-corrected chi connectivity index (χ1v) is 8.78. The Morgan fingerprint density at radius 2 is 1.90 bits per heavy atom. The highest BCUT2D eigenvalue weighted by Crippen LogP contribution is 2.34. The summed E-state index contributed by atoms with van der Waals surface area (Å²) in [5, 5.41) is 6.51. The number of rotatable bonds is 4. The molecule has 8 nitrogen and oxygen atoms in total. The number of carbonyl (C=O) groups excluding carboxylic acids is 1. The molecule has 0 unspecified atom stereocenters. The second-order valence-electron chi connectivity index (χ2n) is 6.36. The first-order chi connectivity index (χ1) is 13.8. The molecule has 0 radical (unpaired) electrons. The lowest BCUT2D eigenvalue weighted by atomic mass is 9.99. The number of halogens is 4. The van der Waals surface area contributed by atoms with E-state index in [1.165, 1.54) is 23.7 Å². The molecule has 29 heavy (non-hydrogen) atoms. The molecule has 2 aromatic heterocycles. The zero-order valence-electron chi connectivity index (χ0n) is 14.6. The molecule has 4 rings (SSSR count). The summed E-state index contributed by atoms with van der Waals surface area (Å²) >= 11 is 5.92. The molecule has 1 fully saturated rings. The minimum absolute atomic E-state index is 0.0378. The van der Waals surface area contributed by atoms with Crippen molar-refractivity contribution in [2.75, 3.05) is 23.3 Å². The molecule has 1 aromatic carbocycles. The standard InChI is InChI=1S/C17H13ClF3N7O/c18-12-2-1-11(17(19,20)21)3-13(12)26-16(29)10-5-27(6-10)14-4-15(24-8-23-14)28-9-22-7-25-28/h1-4,7-10H,5-6H2,(H,26,29). The third-order valence-corrected chi connectivity index (χ3v) is 4.75. The Hall–Kier alpha value is -3.21. The molecule has 0 spiro atoms. The van der Waals surface area contributed by atoms with E-state index >= 15 is 0 Å². The van der Waals surface area contributed by atoms with Gasteiger partial charge in [0.1, 0.15) is 24.8 Å². The predicted molar refractivity (Wildman–Crippen MR) is 97.7 cm³/mol. The summed E-state index contributed by atoms with van der Waals surface area (Å²) < 4.78 is 40.1. The van der Waals surface area contributed by atoms with Crippen molar-refractivity contribution in [1.29, 1.82) is 0 Å². The van der Waals surface area contributed by atoms with E-state index in [4.69, 9.17) is 11.6 Å². The van der Waals surface area contributed by atoms with Crippen molar-refractivity contribution < 1.29 is 18.0 Å². The summed E-state index contributed by atoms with van der Waals surface area (Å²) in [5.74, 6) is 0.307. The molecule has 1 N–H and O–H groups in total. The van der Waals surface area contributed by atoms with Crippen LogP contribution in [0.15, 0.2) is 43.2 Å². The summed E-state index contributed by atoms with van der Waals surface area (Å²) in [6.07, 6.45) is -0.268. The molecule has 3 heterocycles. The van der Waals surface area contributed by atoms with Gasteiger partial charge in [0.15, 0.2) is 5.82 Å². The maximum atomic E-state index is 12.9. The van der Waals surface area contributed by atoms with Gasteiger partial charge < -0.3 is 10.2 Å². The topological polar surface area (TPSA) is 88.8 Å². The Balaban J connectivity index is 1.41. The van der Waals surface area contributed by atoms with Gasteiger partial charge in [0.2, 0.25) is 5.91 Å². The number of aromatic nitrogens is 5. The molecule has 150 valence electrons. The SMILES string of the molecule is O=C(Nc1cc(C(F)(F)F)ccc1Cl)C1CN(c2cc(-n3cncn3)ncn2)C1. The quantitative estimate of drug-likeness (QED) is 0.694. The molecule has 0 aliphatic carbocycles. The van der Waals surface area contributed by atoms with Gasteiger partial charge in [-0.3, -0.25) is 4.79 Å². The van der Waals surface area contributed by atoms with E-state index in [0.717, 1.165) is 18.2 Å². The molecule has 3 aromatic rings. The molecule has 1 amide bonds. The van der Waals surface area contributed by atoms with E-state index in [1.54, 1.807) is 6.07 Å². The number of anilines is 2. The lowest BCUT2D eigenvalue weighted by Crippen LogP contribution is -2.52. The predicted octanol–water partition coefficient (Wildman–Crippen LogP) is 2.80. The van der Waals surface area contributed by atoms with Crippen molar-refractivity contribution in [2.24, 2.45) is 5.92 Å². The van der Waals surface area contributed by atoms with Gasteiger partial charge in [-0.05, 0) is 18.2 Å². The highest BCUT2D eigenvalue weighted by molar-refractivity contribution is 6.33. The van der Waals surface area contributed by atoms with Crippen LogP contribution in [0.4, 0.5) is 24.7 Å². The summed E-state index contributed by atoms with van der Waals surface area (Å²) in [5.41, 5.74) is -0.950. The number of nitrogens with zero attached hydrogens (tertiary/aromatic N) is 6. The number of benzene rings is 1. The molecule has 1 saturated heterocycles. The van der Waals surface area contributed by atoms with E-state index in [2.05, 4.69) is 25.4 Å². The van der Waals surface area contributed by atoms with Gasteiger partial charge in [-0.25, -0.2) is 19.6 Å². The minimum Gasteiger partial charge on any atom is -0.355 e. The Bertz CT molecular complexity index is 1040. The Labute approximate surface area is 167 Å². The number of alkyl halides is 3. The van der Waals surface area contributed by atoms with E-state index in [9.17, 15) is 18.0 Å². The monoisotopic (exact) mass is 423 g/mol. The number of nitrogens with one attached hydrogen (secondary N) is 1. The maximum Gasteiger partial charge on any atom is 0.416 e. The number of carbonyl (C=O) groups is 1. The molecule has 1 aliphatic rings. The summed E-state index contributed by atoms with van der Waals surface area (Å²) in [6, 6.07) is 4.50. The Morgan fingerprint density at radius 1 is 1.14 bits per heavy atom. The third-order valence-electron chi connectivity index (χ3n) is 4.42. The first kappa shape index (κ1) is 19.1. The van der Waals surface area contributed by atoms with Gasteiger partial charge in [0.25, 0.3) is 0 Å². The first-order valence-electron chi connectivity index (χ1n) is 8.41. The zero-order chi connectivity index (χ0) is 20.6. The van der Waals surface area contributed by atoms with Crippen LogP contribution in [0, 0.1) is 5.92 Å². The average Bonchev–Trinajstić information content (AvgIpc) is 3.16. The second-order valence-corrected chi connectivity index (χ2v) is 6.77. The summed E-state index contributed by atoms with van der Waals surface area (Å²) in [7, 11) is 0. The van der Waals surface area contributed by atoms with Crippen LogP contribution in [0.5, 0.6) is 0 Å². The van der Waals surface area contributed by atoms with Crippen molar-refractivity contribution >= 4 is 29.0 Å². The molecular formula is C17H13ClF3N7O. The van der Waals surface area contributed by atoms with Gasteiger partial charge >= 0.3 is 6.18 Å². The Kier molecular flexibility index (Phi) is 4.82.